The van der Waals surface area contributed by atoms with Gasteiger partial charge in [-0.3, -0.25) is 0 Å². The molecule has 2 aromatic heterocycles. The third kappa shape index (κ3) is 3.66. The molecule has 34 heavy (non-hydrogen) atoms. The van der Waals surface area contributed by atoms with Crippen LogP contribution in [0.5, 0.6) is 0 Å². The average molecular weight is 468 g/mol. The van der Waals surface area contributed by atoms with E-state index in [1.807, 2.05) is 15.9 Å². The van der Waals surface area contributed by atoms with Crippen LogP contribution in [0.4, 0.5) is 25.1 Å². The minimum absolute atomic E-state index is 0.0564. The lowest BCUT2D eigenvalue weighted by Gasteiger charge is -2.26. The maximum absolute atomic E-state index is 14.5. The summed E-state index contributed by atoms with van der Waals surface area (Å²) in [6, 6.07) is 4.93. The number of nitrogens with one attached hydrogen (secondary N) is 2. The summed E-state index contributed by atoms with van der Waals surface area (Å²) in [5.41, 5.74) is 1.44. The quantitative estimate of drug-likeness (QED) is 0.614. The first-order chi connectivity index (χ1) is 16.5. The first-order valence-electron chi connectivity index (χ1n) is 11.9. The largest absolute Gasteiger partial charge is 0.349 e. The van der Waals surface area contributed by atoms with Gasteiger partial charge in [0.2, 0.25) is 0 Å². The highest BCUT2D eigenvalue weighted by Gasteiger charge is 2.41. The number of anilines is 2. The molecule has 3 aliphatic heterocycles. The van der Waals surface area contributed by atoms with Crippen LogP contribution in [0.25, 0.3) is 5.65 Å². The van der Waals surface area contributed by atoms with Crippen molar-refractivity contribution in [3.63, 3.8) is 0 Å². The molecule has 10 heteroatoms. The molecular weight excluding hydrogens is 440 g/mol. The number of aromatic nitrogens is 3. The van der Waals surface area contributed by atoms with Gasteiger partial charge in [0.05, 0.1) is 12.2 Å². The first-order valence-corrected chi connectivity index (χ1v) is 11.9. The summed E-state index contributed by atoms with van der Waals surface area (Å²) >= 11 is 0. The number of amides is 2. The van der Waals surface area contributed by atoms with Crippen LogP contribution < -0.4 is 15.5 Å². The van der Waals surface area contributed by atoms with Crippen LogP contribution in [-0.4, -0.2) is 57.2 Å². The second kappa shape index (κ2) is 8.19. The summed E-state index contributed by atoms with van der Waals surface area (Å²) in [5.74, 6) is -0.231. The molecule has 0 radical (unpaired) electrons. The molecule has 0 bridgehead atoms. The molecule has 3 fully saturated rings. The van der Waals surface area contributed by atoms with Crippen molar-refractivity contribution in [2.45, 2.75) is 43.7 Å². The molecule has 0 saturated carbocycles. The van der Waals surface area contributed by atoms with Gasteiger partial charge in [0.1, 0.15) is 23.1 Å². The normalized spacial score (nSPS) is 24.6. The van der Waals surface area contributed by atoms with E-state index in [0.717, 1.165) is 38.3 Å². The fourth-order valence-electron chi connectivity index (χ4n) is 5.70. The van der Waals surface area contributed by atoms with Crippen LogP contribution in [0.3, 0.4) is 0 Å². The van der Waals surface area contributed by atoms with Crippen LogP contribution in [0.1, 0.15) is 43.7 Å². The second-order valence-electron chi connectivity index (χ2n) is 9.54. The number of hydrogen-bond acceptors (Lipinski definition) is 5. The molecule has 2 N–H and O–H groups in total. The summed E-state index contributed by atoms with van der Waals surface area (Å²) in [6.07, 6.45) is 8.14. The molecule has 8 nitrogen and oxygen atoms in total. The van der Waals surface area contributed by atoms with Gasteiger partial charge in [-0.1, -0.05) is 0 Å². The Kier molecular flexibility index (Phi) is 5.13. The number of benzene rings is 1. The number of halogens is 2. The molecule has 1 aromatic carbocycles. The summed E-state index contributed by atoms with van der Waals surface area (Å²) in [7, 11) is 0. The smallest absolute Gasteiger partial charge is 0.322 e. The number of fused-ring (bicyclic) bond motifs is 1. The summed E-state index contributed by atoms with van der Waals surface area (Å²) in [5, 5.41) is 10.9. The van der Waals surface area contributed by atoms with Crippen molar-refractivity contribution in [1.82, 2.24) is 24.8 Å². The van der Waals surface area contributed by atoms with Gasteiger partial charge < -0.3 is 20.4 Å². The highest BCUT2D eigenvalue weighted by molar-refractivity contribution is 5.93. The molecule has 6 rings (SSSR count). The van der Waals surface area contributed by atoms with Crippen molar-refractivity contribution >= 4 is 23.2 Å². The van der Waals surface area contributed by atoms with E-state index >= 15 is 0 Å². The molecule has 0 aliphatic carbocycles. The number of urea groups is 1. The van der Waals surface area contributed by atoms with Crippen molar-refractivity contribution < 1.29 is 13.6 Å². The third-order valence-corrected chi connectivity index (χ3v) is 7.43. The van der Waals surface area contributed by atoms with Crippen molar-refractivity contribution in [2.75, 3.05) is 36.4 Å². The molecule has 5 heterocycles. The molecular formula is C24H27F2N7O. The van der Waals surface area contributed by atoms with E-state index in [1.54, 1.807) is 16.9 Å². The minimum atomic E-state index is -0.455. The number of carbonyl (C=O) groups excluding carboxylic acids is 1. The van der Waals surface area contributed by atoms with E-state index in [9.17, 15) is 13.6 Å². The number of rotatable bonds is 3. The zero-order valence-corrected chi connectivity index (χ0v) is 18.8. The van der Waals surface area contributed by atoms with Crippen molar-refractivity contribution in [3.8, 4) is 0 Å². The van der Waals surface area contributed by atoms with Crippen LogP contribution in [0, 0.1) is 11.6 Å². The number of nitrogens with zero attached hydrogens (tertiary/aromatic N) is 5. The summed E-state index contributed by atoms with van der Waals surface area (Å²) in [6.45, 7) is 3.10. The van der Waals surface area contributed by atoms with E-state index in [-0.39, 0.29) is 17.6 Å². The standard InChI is InChI=1S/C24H27F2N7O/c25-16-4-5-18(26)17(13-16)20-3-1-10-32(20)21-6-11-33-22(30-21)19(14-28-33)29-23(34)31-12-8-24(15-31)7-2-9-27-24/h4-6,11,13-14,20,27H,1-3,7-10,12,15H2,(H,29,34)/t20-,24?/m1/s1. The van der Waals surface area contributed by atoms with Crippen LogP contribution in [0.2, 0.25) is 0 Å². The molecule has 1 spiro atoms. The van der Waals surface area contributed by atoms with E-state index in [0.29, 0.717) is 48.8 Å². The molecule has 3 saturated heterocycles. The summed E-state index contributed by atoms with van der Waals surface area (Å²) < 4.78 is 29.9. The Bertz CT molecular complexity index is 1240. The molecule has 178 valence electrons. The predicted octanol–water partition coefficient (Wildman–Crippen LogP) is 3.71. The lowest BCUT2D eigenvalue weighted by molar-refractivity contribution is 0.218. The van der Waals surface area contributed by atoms with Crippen molar-refractivity contribution in [2.24, 2.45) is 0 Å². The highest BCUT2D eigenvalue weighted by atomic mass is 19.1. The van der Waals surface area contributed by atoms with Gasteiger partial charge in [0, 0.05) is 36.9 Å². The molecule has 2 atom stereocenters. The SMILES string of the molecule is O=C(Nc1cnn2ccc(N3CCC[C@@H]3c3cc(F)ccc3F)nc12)N1CCC2(CCCN2)C1. The third-order valence-electron chi connectivity index (χ3n) is 7.43. The van der Waals surface area contributed by atoms with Crippen LogP contribution >= 0.6 is 0 Å². The number of carbonyl (C=O) groups is 1. The Morgan fingerprint density at radius 1 is 1.18 bits per heavy atom. The number of hydrogen-bond donors (Lipinski definition) is 2. The molecule has 3 aliphatic rings. The van der Waals surface area contributed by atoms with Crippen molar-refractivity contribution in [1.29, 1.82) is 0 Å². The van der Waals surface area contributed by atoms with E-state index in [1.165, 1.54) is 12.1 Å². The highest BCUT2D eigenvalue weighted by Crippen LogP contribution is 2.37. The van der Waals surface area contributed by atoms with E-state index in [2.05, 4.69) is 15.7 Å². The first kappa shape index (κ1) is 21.3. The Morgan fingerprint density at radius 3 is 2.94 bits per heavy atom. The topological polar surface area (TPSA) is 77.8 Å². The number of likely N-dealkylation sites (tertiary alicyclic amines) is 1. The molecule has 3 aromatic rings. The lowest BCUT2D eigenvalue weighted by Crippen LogP contribution is -2.44. The van der Waals surface area contributed by atoms with Gasteiger partial charge in [-0.05, 0) is 62.9 Å². The van der Waals surface area contributed by atoms with E-state index in [4.69, 9.17) is 4.98 Å². The fraction of sp³-hybridized carbons (Fsp3) is 0.458. The average Bonchev–Trinajstić information content (AvgIpc) is 3.64. The lowest BCUT2D eigenvalue weighted by atomic mass is 9.97. The maximum atomic E-state index is 14.5. The monoisotopic (exact) mass is 467 g/mol. The fourth-order valence-corrected chi connectivity index (χ4v) is 5.70. The van der Waals surface area contributed by atoms with Gasteiger partial charge in [-0.15, -0.1) is 0 Å². The second-order valence-corrected chi connectivity index (χ2v) is 9.54. The van der Waals surface area contributed by atoms with Gasteiger partial charge in [0.25, 0.3) is 0 Å². The minimum Gasteiger partial charge on any atom is -0.349 e. The Morgan fingerprint density at radius 2 is 2.09 bits per heavy atom. The maximum Gasteiger partial charge on any atom is 0.322 e. The van der Waals surface area contributed by atoms with Crippen molar-refractivity contribution in [3.05, 3.63) is 53.9 Å². The van der Waals surface area contributed by atoms with Gasteiger partial charge in [-0.25, -0.2) is 23.1 Å². The van der Waals surface area contributed by atoms with Gasteiger partial charge in [-0.2, -0.15) is 5.10 Å². The Labute approximate surface area is 195 Å². The molecule has 2 amide bonds. The Balaban J connectivity index is 1.24. The van der Waals surface area contributed by atoms with E-state index < -0.39 is 11.6 Å². The summed E-state index contributed by atoms with van der Waals surface area (Å²) in [4.78, 5) is 21.6. The zero-order chi connectivity index (χ0) is 23.3. The molecule has 1 unspecified atom stereocenters. The van der Waals surface area contributed by atoms with Crippen LogP contribution in [-0.2, 0) is 0 Å². The Hall–Kier alpha value is -3.27. The van der Waals surface area contributed by atoms with Gasteiger partial charge >= 0.3 is 6.03 Å². The van der Waals surface area contributed by atoms with Crippen LogP contribution in [0.15, 0.2) is 36.7 Å². The zero-order valence-electron chi connectivity index (χ0n) is 18.8. The van der Waals surface area contributed by atoms with Gasteiger partial charge in [0.15, 0.2) is 5.65 Å². The predicted molar refractivity (Wildman–Crippen MR) is 124 cm³/mol.